The van der Waals surface area contributed by atoms with Crippen LogP contribution in [0.2, 0.25) is 0 Å². The van der Waals surface area contributed by atoms with Crippen molar-refractivity contribution in [2.45, 2.75) is 39.7 Å². The van der Waals surface area contributed by atoms with E-state index < -0.39 is 4.92 Å². The van der Waals surface area contributed by atoms with Crippen LogP contribution in [0.1, 0.15) is 38.4 Å². The Morgan fingerprint density at radius 2 is 1.71 bits per heavy atom. The van der Waals surface area contributed by atoms with Crippen LogP contribution < -0.4 is 10.4 Å². The SMILES string of the molecule is CCC(CC)n1c(-c2ccc([N+](=O)[O-])cc2)csc1=Nc1c(C)n(C)n(-c2ccccc2)c1=O. The summed E-state index contributed by atoms with van der Waals surface area (Å²) in [6, 6.07) is 16.2. The molecule has 9 heteroatoms. The second-order valence-electron chi connectivity index (χ2n) is 8.07. The van der Waals surface area contributed by atoms with Gasteiger partial charge in [-0.05, 0) is 49.6 Å². The van der Waals surface area contributed by atoms with Gasteiger partial charge in [-0.3, -0.25) is 19.6 Å². The number of hydrogen-bond donors (Lipinski definition) is 0. The number of benzene rings is 2. The topological polar surface area (TPSA) is 87.4 Å². The quantitative estimate of drug-likeness (QED) is 0.259. The molecule has 0 aliphatic rings. The zero-order chi connectivity index (χ0) is 24.4. The molecular weight excluding hydrogens is 450 g/mol. The fraction of sp³-hybridized carbons (Fsp3) is 0.280. The number of nitro groups is 1. The molecule has 0 N–H and O–H groups in total. The number of aromatic nitrogens is 3. The van der Waals surface area contributed by atoms with Gasteiger partial charge in [-0.25, -0.2) is 9.67 Å². The molecule has 0 atom stereocenters. The van der Waals surface area contributed by atoms with Crippen molar-refractivity contribution in [1.82, 2.24) is 13.9 Å². The van der Waals surface area contributed by atoms with Crippen LogP contribution in [0.25, 0.3) is 16.9 Å². The normalized spacial score (nSPS) is 12.0. The lowest BCUT2D eigenvalue weighted by molar-refractivity contribution is -0.384. The molecule has 0 aliphatic carbocycles. The average molecular weight is 478 g/mol. The fourth-order valence-corrected chi connectivity index (χ4v) is 5.12. The van der Waals surface area contributed by atoms with Crippen LogP contribution >= 0.6 is 11.3 Å². The molecule has 0 saturated heterocycles. The molecule has 34 heavy (non-hydrogen) atoms. The van der Waals surface area contributed by atoms with E-state index in [1.165, 1.54) is 23.5 Å². The van der Waals surface area contributed by atoms with Gasteiger partial charge in [0.2, 0.25) is 0 Å². The van der Waals surface area contributed by atoms with E-state index in [0.717, 1.165) is 40.3 Å². The second kappa shape index (κ2) is 9.64. The van der Waals surface area contributed by atoms with Gasteiger partial charge in [0.25, 0.3) is 11.2 Å². The summed E-state index contributed by atoms with van der Waals surface area (Å²) in [6.45, 7) is 6.14. The number of non-ortho nitro benzene ring substituents is 1. The van der Waals surface area contributed by atoms with Crippen LogP contribution in [0.3, 0.4) is 0 Å². The number of para-hydroxylation sites is 1. The average Bonchev–Trinajstić information content (AvgIpc) is 3.35. The molecule has 4 aromatic rings. The van der Waals surface area contributed by atoms with Crippen LogP contribution in [-0.4, -0.2) is 18.9 Å². The molecule has 4 rings (SSSR count). The monoisotopic (exact) mass is 477 g/mol. The number of rotatable bonds is 7. The highest BCUT2D eigenvalue weighted by molar-refractivity contribution is 7.07. The summed E-state index contributed by atoms with van der Waals surface area (Å²) in [4.78, 5) is 29.7. The summed E-state index contributed by atoms with van der Waals surface area (Å²) in [5.74, 6) is 0. The highest BCUT2D eigenvalue weighted by Gasteiger charge is 2.19. The Labute approximate surface area is 201 Å². The van der Waals surface area contributed by atoms with Crippen LogP contribution in [0.15, 0.2) is 69.8 Å². The first-order chi connectivity index (χ1) is 16.4. The van der Waals surface area contributed by atoms with Crippen molar-refractivity contribution in [3.63, 3.8) is 0 Å². The number of nitrogens with zero attached hydrogens (tertiary/aromatic N) is 5. The van der Waals surface area contributed by atoms with Crippen LogP contribution in [0.4, 0.5) is 11.4 Å². The summed E-state index contributed by atoms with van der Waals surface area (Å²) >= 11 is 1.47. The van der Waals surface area contributed by atoms with Crippen molar-refractivity contribution in [1.29, 1.82) is 0 Å². The molecule has 0 amide bonds. The summed E-state index contributed by atoms with van der Waals surface area (Å²) in [5.41, 5.74) is 3.65. The first-order valence-electron chi connectivity index (χ1n) is 11.2. The van der Waals surface area contributed by atoms with E-state index >= 15 is 0 Å². The zero-order valence-electron chi connectivity index (χ0n) is 19.6. The van der Waals surface area contributed by atoms with E-state index in [9.17, 15) is 14.9 Å². The molecule has 0 unspecified atom stereocenters. The summed E-state index contributed by atoms with van der Waals surface area (Å²) < 4.78 is 5.61. The lowest BCUT2D eigenvalue weighted by atomic mass is 10.1. The van der Waals surface area contributed by atoms with Gasteiger partial charge in [0.1, 0.15) is 0 Å². The molecule has 0 radical (unpaired) electrons. The Hall–Kier alpha value is -3.72. The maximum absolute atomic E-state index is 13.4. The molecule has 2 aromatic carbocycles. The number of hydrogen-bond acceptors (Lipinski definition) is 5. The smallest absolute Gasteiger partial charge is 0.297 e. The van der Waals surface area contributed by atoms with Crippen LogP contribution in [-0.2, 0) is 7.05 Å². The molecule has 2 aromatic heterocycles. The van der Waals surface area contributed by atoms with Gasteiger partial charge in [0.15, 0.2) is 10.5 Å². The van der Waals surface area contributed by atoms with Gasteiger partial charge in [-0.15, -0.1) is 11.3 Å². The summed E-state index contributed by atoms with van der Waals surface area (Å²) in [6.07, 6.45) is 1.78. The highest BCUT2D eigenvalue weighted by Crippen LogP contribution is 2.28. The molecule has 0 fully saturated rings. The minimum absolute atomic E-state index is 0.0550. The van der Waals surface area contributed by atoms with Crippen LogP contribution in [0, 0.1) is 17.0 Å². The van der Waals surface area contributed by atoms with Crippen molar-refractivity contribution in [2.75, 3.05) is 0 Å². The second-order valence-corrected chi connectivity index (χ2v) is 8.91. The Balaban J connectivity index is 1.92. The molecule has 0 saturated carbocycles. The maximum Gasteiger partial charge on any atom is 0.297 e. The van der Waals surface area contributed by atoms with Crippen molar-refractivity contribution in [3.05, 3.63) is 90.9 Å². The maximum atomic E-state index is 13.4. The van der Waals surface area contributed by atoms with Gasteiger partial charge in [0.05, 0.1) is 22.0 Å². The lowest BCUT2D eigenvalue weighted by Gasteiger charge is -2.18. The predicted octanol–water partition coefficient (Wildman–Crippen LogP) is 5.52. The molecule has 2 heterocycles. The Bertz CT molecular complexity index is 1440. The van der Waals surface area contributed by atoms with Crippen molar-refractivity contribution < 1.29 is 4.92 Å². The van der Waals surface area contributed by atoms with Gasteiger partial charge in [0, 0.05) is 30.6 Å². The van der Waals surface area contributed by atoms with E-state index in [2.05, 4.69) is 18.4 Å². The van der Waals surface area contributed by atoms with Crippen molar-refractivity contribution >= 4 is 22.7 Å². The third kappa shape index (κ3) is 4.14. The first-order valence-corrected chi connectivity index (χ1v) is 12.1. The minimum atomic E-state index is -0.400. The molecule has 0 aliphatic heterocycles. The van der Waals surface area contributed by atoms with Gasteiger partial charge < -0.3 is 4.57 Å². The Morgan fingerprint density at radius 3 is 2.29 bits per heavy atom. The fourth-order valence-electron chi connectivity index (χ4n) is 4.15. The summed E-state index contributed by atoms with van der Waals surface area (Å²) in [5, 5.41) is 13.1. The molecule has 0 spiro atoms. The van der Waals surface area contributed by atoms with Crippen molar-refractivity contribution in [2.24, 2.45) is 12.0 Å². The Morgan fingerprint density at radius 1 is 1.06 bits per heavy atom. The van der Waals surface area contributed by atoms with Gasteiger partial charge in [-0.2, -0.15) is 0 Å². The molecule has 8 nitrogen and oxygen atoms in total. The largest absolute Gasteiger partial charge is 0.313 e. The minimum Gasteiger partial charge on any atom is -0.313 e. The molecule has 176 valence electrons. The first kappa shape index (κ1) is 23.4. The van der Waals surface area contributed by atoms with E-state index in [1.54, 1.807) is 16.8 Å². The zero-order valence-corrected chi connectivity index (χ0v) is 20.5. The van der Waals surface area contributed by atoms with E-state index in [1.807, 2.05) is 54.4 Å². The van der Waals surface area contributed by atoms with E-state index in [4.69, 9.17) is 4.99 Å². The highest BCUT2D eigenvalue weighted by atomic mass is 32.1. The molecular formula is C25H27N5O3S. The van der Waals surface area contributed by atoms with E-state index in [0.29, 0.717) is 5.69 Å². The Kier molecular flexibility index (Phi) is 6.65. The predicted molar refractivity (Wildman–Crippen MR) is 135 cm³/mol. The third-order valence-electron chi connectivity index (χ3n) is 6.15. The number of nitro benzene ring substituents is 1. The lowest BCUT2D eigenvalue weighted by Crippen LogP contribution is -2.22. The number of thiazole rings is 1. The summed E-state index contributed by atoms with van der Waals surface area (Å²) in [7, 11) is 1.86. The van der Waals surface area contributed by atoms with E-state index in [-0.39, 0.29) is 17.3 Å². The van der Waals surface area contributed by atoms with Crippen LogP contribution in [0.5, 0.6) is 0 Å². The van der Waals surface area contributed by atoms with Crippen molar-refractivity contribution in [3.8, 4) is 16.9 Å². The standard InChI is InChI=1S/C25H27N5O3S/c1-5-19(6-2)28-22(18-12-14-21(15-13-18)30(32)33)16-34-25(28)26-23-17(3)27(4)29(24(23)31)20-10-8-7-9-11-20/h7-16,19H,5-6H2,1-4H3. The molecule has 0 bridgehead atoms. The van der Waals surface area contributed by atoms with Gasteiger partial charge >= 0.3 is 0 Å². The third-order valence-corrected chi connectivity index (χ3v) is 6.99. The van der Waals surface area contributed by atoms with Gasteiger partial charge in [-0.1, -0.05) is 32.0 Å².